The molecule has 0 spiro atoms. The predicted octanol–water partition coefficient (Wildman–Crippen LogP) is 7.41. The van der Waals surface area contributed by atoms with E-state index in [4.69, 9.17) is 9.84 Å². The number of aryl methyl sites for hydroxylation is 2. The first-order valence-electron chi connectivity index (χ1n) is 15.3. The van der Waals surface area contributed by atoms with Crippen molar-refractivity contribution in [3.63, 3.8) is 0 Å². The fraction of sp³-hybridized carbons (Fsp3) is 0.361. The van der Waals surface area contributed by atoms with Crippen molar-refractivity contribution < 1.29 is 14.3 Å². The van der Waals surface area contributed by atoms with Crippen molar-refractivity contribution in [2.24, 2.45) is 5.92 Å². The molecule has 1 aliphatic rings. The van der Waals surface area contributed by atoms with E-state index in [0.717, 1.165) is 59.8 Å². The second-order valence-electron chi connectivity index (χ2n) is 12.7. The number of ketones is 1. The maximum Gasteiger partial charge on any atom is 0.324 e. The number of ether oxygens (including phenoxy) is 1. The molecule has 5 rings (SSSR count). The number of benzene rings is 3. The number of hydrogen-bond acceptors (Lipinski definition) is 5. The Morgan fingerprint density at radius 2 is 1.68 bits per heavy atom. The number of aromatic nitrogens is 2. The molecule has 1 saturated heterocycles. The van der Waals surface area contributed by atoms with Crippen LogP contribution in [0.4, 0.5) is 16.3 Å². The number of rotatable bonds is 8. The lowest BCUT2D eigenvalue weighted by Gasteiger charge is -2.31. The molecule has 3 aromatic carbocycles. The molecular formula is C36H43N5O3. The Morgan fingerprint density at radius 1 is 0.955 bits per heavy atom. The fourth-order valence-corrected chi connectivity index (χ4v) is 5.83. The van der Waals surface area contributed by atoms with E-state index in [-0.39, 0.29) is 29.1 Å². The van der Waals surface area contributed by atoms with E-state index < -0.39 is 0 Å². The summed E-state index contributed by atoms with van der Waals surface area (Å²) in [4.78, 5) is 27.5. The van der Waals surface area contributed by atoms with Crippen molar-refractivity contribution in [3.8, 4) is 11.4 Å². The van der Waals surface area contributed by atoms with Crippen LogP contribution in [0.25, 0.3) is 5.69 Å². The molecule has 8 nitrogen and oxygen atoms in total. The van der Waals surface area contributed by atoms with Crippen LogP contribution in [0.5, 0.6) is 5.75 Å². The van der Waals surface area contributed by atoms with Gasteiger partial charge in [-0.2, -0.15) is 5.10 Å². The summed E-state index contributed by atoms with van der Waals surface area (Å²) in [5, 5.41) is 14.2. The summed E-state index contributed by atoms with van der Waals surface area (Å²) in [5.41, 5.74) is 5.78. The SMILES string of the molecule is COc1ccc(C(=O)C(c2cccc(NC(=O)Nc3cc(C(C)(C)C)nn3-c3ccc(C)cc3)c2)C2CCNCC2)c(C)c1. The minimum atomic E-state index is -0.383. The van der Waals surface area contributed by atoms with Gasteiger partial charge in [-0.05, 0) is 99.3 Å². The second kappa shape index (κ2) is 13.1. The number of nitrogens with one attached hydrogen (secondary N) is 3. The molecule has 0 aliphatic carbocycles. The highest BCUT2D eigenvalue weighted by Gasteiger charge is 2.32. The quantitative estimate of drug-likeness (QED) is 0.185. The number of nitrogens with zero attached hydrogens (tertiary/aromatic N) is 2. The number of amides is 2. The van der Waals surface area contributed by atoms with Gasteiger partial charge < -0.3 is 15.4 Å². The molecule has 4 aromatic rings. The Morgan fingerprint density at radius 3 is 2.34 bits per heavy atom. The molecule has 1 unspecified atom stereocenters. The van der Waals surface area contributed by atoms with Crippen LogP contribution in [0.3, 0.4) is 0 Å². The van der Waals surface area contributed by atoms with Crippen molar-refractivity contribution in [2.75, 3.05) is 30.8 Å². The van der Waals surface area contributed by atoms with E-state index in [0.29, 0.717) is 17.1 Å². The third-order valence-corrected chi connectivity index (χ3v) is 8.34. The highest BCUT2D eigenvalue weighted by atomic mass is 16.5. The van der Waals surface area contributed by atoms with Gasteiger partial charge in [-0.15, -0.1) is 0 Å². The van der Waals surface area contributed by atoms with Gasteiger partial charge in [-0.25, -0.2) is 9.48 Å². The van der Waals surface area contributed by atoms with E-state index in [1.54, 1.807) is 11.8 Å². The van der Waals surface area contributed by atoms with Crippen LogP contribution in [0.1, 0.15) is 72.3 Å². The van der Waals surface area contributed by atoms with Crippen LogP contribution < -0.4 is 20.7 Å². The first kappa shape index (κ1) is 31.0. The van der Waals surface area contributed by atoms with E-state index in [9.17, 15) is 9.59 Å². The molecule has 0 bridgehead atoms. The third kappa shape index (κ3) is 7.03. The van der Waals surface area contributed by atoms with E-state index >= 15 is 0 Å². The van der Waals surface area contributed by atoms with Crippen molar-refractivity contribution >= 4 is 23.3 Å². The van der Waals surface area contributed by atoms with E-state index in [1.807, 2.05) is 86.6 Å². The normalized spacial score (nSPS) is 14.6. The van der Waals surface area contributed by atoms with Gasteiger partial charge in [-0.3, -0.25) is 10.1 Å². The van der Waals surface area contributed by atoms with Gasteiger partial charge in [0, 0.05) is 22.7 Å². The maximum absolute atomic E-state index is 14.1. The summed E-state index contributed by atoms with van der Waals surface area (Å²) in [6, 6.07) is 22.9. The summed E-state index contributed by atoms with van der Waals surface area (Å²) in [5.74, 6) is 1.26. The number of methoxy groups -OCH3 is 1. The average Bonchev–Trinajstić information content (AvgIpc) is 3.42. The lowest BCUT2D eigenvalue weighted by molar-refractivity contribution is 0.0915. The molecule has 3 N–H and O–H groups in total. The molecule has 0 saturated carbocycles. The van der Waals surface area contributed by atoms with Gasteiger partial charge in [0.1, 0.15) is 11.6 Å². The molecular weight excluding hydrogens is 550 g/mol. The summed E-state index contributed by atoms with van der Waals surface area (Å²) in [7, 11) is 1.63. The Labute approximate surface area is 260 Å². The van der Waals surface area contributed by atoms with Gasteiger partial charge >= 0.3 is 6.03 Å². The van der Waals surface area contributed by atoms with Gasteiger partial charge in [-0.1, -0.05) is 50.6 Å². The smallest absolute Gasteiger partial charge is 0.324 e. The zero-order valence-electron chi connectivity index (χ0n) is 26.5. The molecule has 2 heterocycles. The number of Topliss-reactive ketones (excluding diaryl/α,β-unsaturated/α-hetero) is 1. The Hall–Kier alpha value is -4.43. The van der Waals surface area contributed by atoms with Crippen LogP contribution in [-0.2, 0) is 5.41 Å². The number of carbonyl (C=O) groups is 2. The summed E-state index contributed by atoms with van der Waals surface area (Å²) in [6.45, 7) is 12.0. The number of carbonyl (C=O) groups excluding carboxylic acids is 2. The topological polar surface area (TPSA) is 97.3 Å². The number of anilines is 2. The van der Waals surface area contributed by atoms with Crippen molar-refractivity contribution in [2.45, 2.75) is 58.8 Å². The summed E-state index contributed by atoms with van der Waals surface area (Å²) in [6.07, 6.45) is 1.81. The highest BCUT2D eigenvalue weighted by molar-refractivity contribution is 6.03. The minimum Gasteiger partial charge on any atom is -0.497 e. The Balaban J connectivity index is 1.41. The zero-order valence-corrected chi connectivity index (χ0v) is 26.5. The van der Waals surface area contributed by atoms with Crippen LogP contribution >= 0.6 is 0 Å². The highest BCUT2D eigenvalue weighted by Crippen LogP contribution is 2.36. The zero-order chi connectivity index (χ0) is 31.4. The molecule has 2 amide bonds. The molecule has 0 radical (unpaired) electrons. The monoisotopic (exact) mass is 593 g/mol. The summed E-state index contributed by atoms with van der Waals surface area (Å²) >= 11 is 0. The Bertz CT molecular complexity index is 1630. The molecule has 1 aliphatic heterocycles. The molecule has 44 heavy (non-hydrogen) atoms. The first-order valence-corrected chi connectivity index (χ1v) is 15.3. The maximum atomic E-state index is 14.1. The number of piperidine rings is 1. The standard InChI is InChI=1S/C36H43N5O3/c1-23-10-12-28(13-11-23)41-32(22-31(40-41)36(3,4)5)39-35(43)38-27-9-7-8-26(21-27)33(25-16-18-37-19-17-25)34(42)30-15-14-29(44-6)20-24(30)2/h7-15,20-22,25,33,37H,16-19H2,1-6H3,(H2,38,39,43). The van der Waals surface area contributed by atoms with Crippen molar-refractivity contribution in [1.82, 2.24) is 15.1 Å². The van der Waals surface area contributed by atoms with Crippen molar-refractivity contribution in [1.29, 1.82) is 0 Å². The average molecular weight is 594 g/mol. The second-order valence-corrected chi connectivity index (χ2v) is 12.7. The lowest BCUT2D eigenvalue weighted by atomic mass is 9.75. The van der Waals surface area contributed by atoms with Gasteiger partial charge in [0.05, 0.1) is 24.4 Å². The van der Waals surface area contributed by atoms with Gasteiger partial charge in [0.2, 0.25) is 0 Å². The van der Waals surface area contributed by atoms with Gasteiger partial charge in [0.15, 0.2) is 5.78 Å². The lowest BCUT2D eigenvalue weighted by Crippen LogP contribution is -2.34. The predicted molar refractivity (Wildman–Crippen MR) is 176 cm³/mol. The number of urea groups is 1. The van der Waals surface area contributed by atoms with E-state index in [2.05, 4.69) is 36.7 Å². The molecule has 1 atom stereocenters. The van der Waals surface area contributed by atoms with Crippen molar-refractivity contribution in [3.05, 3.63) is 101 Å². The first-order chi connectivity index (χ1) is 21.0. The van der Waals surface area contributed by atoms with Gasteiger partial charge in [0.25, 0.3) is 0 Å². The van der Waals surface area contributed by atoms with Crippen LogP contribution in [0.2, 0.25) is 0 Å². The largest absolute Gasteiger partial charge is 0.497 e. The molecule has 8 heteroatoms. The molecule has 1 aromatic heterocycles. The number of hydrogen-bond donors (Lipinski definition) is 3. The van der Waals surface area contributed by atoms with E-state index in [1.165, 1.54) is 0 Å². The third-order valence-electron chi connectivity index (χ3n) is 8.34. The molecule has 230 valence electrons. The summed E-state index contributed by atoms with van der Waals surface area (Å²) < 4.78 is 7.13. The van der Waals surface area contributed by atoms with Crippen LogP contribution in [0.15, 0.2) is 72.8 Å². The fourth-order valence-electron chi connectivity index (χ4n) is 5.83. The van der Waals surface area contributed by atoms with Crippen LogP contribution in [0, 0.1) is 19.8 Å². The van der Waals surface area contributed by atoms with Crippen LogP contribution in [-0.4, -0.2) is 41.8 Å². The Kier molecular flexibility index (Phi) is 9.20. The minimum absolute atomic E-state index is 0.0929. The molecule has 1 fully saturated rings.